The lowest BCUT2D eigenvalue weighted by atomic mass is 9.92. The highest BCUT2D eigenvalue weighted by Gasteiger charge is 2.42. The molecule has 0 aliphatic carbocycles. The third-order valence-electron chi connectivity index (χ3n) is 2.55. The van der Waals surface area contributed by atoms with Crippen LogP contribution in [0.25, 0.3) is 0 Å². The molecule has 0 aromatic carbocycles. The van der Waals surface area contributed by atoms with E-state index in [4.69, 9.17) is 5.11 Å². The molecular formula is C8H16O2S. The zero-order valence-electron chi connectivity index (χ0n) is 7.08. The summed E-state index contributed by atoms with van der Waals surface area (Å²) in [6.07, 6.45) is 1.53. The number of hydrogen-bond acceptors (Lipinski definition) is 3. The Kier molecular flexibility index (Phi) is 2.84. The minimum atomic E-state index is -0.530. The van der Waals surface area contributed by atoms with E-state index in [0.29, 0.717) is 0 Å². The summed E-state index contributed by atoms with van der Waals surface area (Å²) >= 11 is 1.70. The standard InChI is InChI=1S/C8H16O2S/c1-3-8(10)4-7(5-9)11-6(8)2/h6-7,9-10H,3-5H2,1-2H3/t6-,7-,8+/m0/s1. The summed E-state index contributed by atoms with van der Waals surface area (Å²) in [5.41, 5.74) is -0.530. The molecule has 1 rings (SSSR count). The van der Waals surface area contributed by atoms with Gasteiger partial charge in [-0.05, 0) is 12.8 Å². The molecule has 1 aliphatic heterocycles. The van der Waals surface area contributed by atoms with Gasteiger partial charge in [0.15, 0.2) is 0 Å². The first kappa shape index (κ1) is 9.36. The van der Waals surface area contributed by atoms with Crippen molar-refractivity contribution in [2.75, 3.05) is 6.61 Å². The predicted molar refractivity (Wildman–Crippen MR) is 47.8 cm³/mol. The van der Waals surface area contributed by atoms with Crippen LogP contribution in [0.3, 0.4) is 0 Å². The molecule has 1 aliphatic rings. The summed E-state index contributed by atoms with van der Waals surface area (Å²) in [6, 6.07) is 0. The molecule has 0 unspecified atom stereocenters. The van der Waals surface area contributed by atoms with Gasteiger partial charge in [-0.15, -0.1) is 11.8 Å². The molecule has 3 atom stereocenters. The van der Waals surface area contributed by atoms with E-state index in [2.05, 4.69) is 0 Å². The molecule has 0 radical (unpaired) electrons. The van der Waals surface area contributed by atoms with Crippen LogP contribution >= 0.6 is 11.8 Å². The molecule has 0 aromatic heterocycles. The average molecular weight is 176 g/mol. The first-order chi connectivity index (χ1) is 5.12. The molecular weight excluding hydrogens is 160 g/mol. The molecule has 1 heterocycles. The quantitative estimate of drug-likeness (QED) is 0.660. The Morgan fingerprint density at radius 1 is 1.64 bits per heavy atom. The Morgan fingerprint density at radius 3 is 2.55 bits per heavy atom. The maximum atomic E-state index is 9.94. The Labute approximate surface area is 72.0 Å². The van der Waals surface area contributed by atoms with Crippen LogP contribution in [0.1, 0.15) is 26.7 Å². The van der Waals surface area contributed by atoms with E-state index in [1.54, 1.807) is 11.8 Å². The lowest BCUT2D eigenvalue weighted by molar-refractivity contribution is 0.0344. The summed E-state index contributed by atoms with van der Waals surface area (Å²) in [5.74, 6) is 0. The average Bonchev–Trinajstić information content (AvgIpc) is 2.29. The van der Waals surface area contributed by atoms with Gasteiger partial charge in [0.05, 0.1) is 12.2 Å². The molecule has 2 nitrogen and oxygen atoms in total. The zero-order chi connectivity index (χ0) is 8.48. The first-order valence-corrected chi connectivity index (χ1v) is 5.05. The van der Waals surface area contributed by atoms with Crippen LogP contribution in [-0.2, 0) is 0 Å². The molecule has 0 saturated carbocycles. The van der Waals surface area contributed by atoms with Gasteiger partial charge in [0.25, 0.3) is 0 Å². The van der Waals surface area contributed by atoms with Crippen LogP contribution in [0.15, 0.2) is 0 Å². The Bertz CT molecular complexity index is 140. The highest BCUT2D eigenvalue weighted by atomic mass is 32.2. The highest BCUT2D eigenvalue weighted by molar-refractivity contribution is 8.00. The second-order valence-electron chi connectivity index (χ2n) is 3.24. The van der Waals surface area contributed by atoms with Crippen molar-refractivity contribution in [3.63, 3.8) is 0 Å². The number of rotatable bonds is 2. The molecule has 11 heavy (non-hydrogen) atoms. The van der Waals surface area contributed by atoms with Gasteiger partial charge in [0.2, 0.25) is 0 Å². The second kappa shape index (κ2) is 3.33. The van der Waals surface area contributed by atoms with Gasteiger partial charge in [0.1, 0.15) is 0 Å². The Balaban J connectivity index is 2.57. The third-order valence-corrected chi connectivity index (χ3v) is 4.10. The van der Waals surface area contributed by atoms with Gasteiger partial charge in [0, 0.05) is 10.5 Å². The van der Waals surface area contributed by atoms with E-state index in [0.717, 1.165) is 12.8 Å². The first-order valence-electron chi connectivity index (χ1n) is 4.11. The molecule has 0 aromatic rings. The van der Waals surface area contributed by atoms with Crippen molar-refractivity contribution in [3.8, 4) is 0 Å². The monoisotopic (exact) mass is 176 g/mol. The van der Waals surface area contributed by atoms with Crippen molar-refractivity contribution in [2.24, 2.45) is 0 Å². The molecule has 66 valence electrons. The van der Waals surface area contributed by atoms with E-state index in [1.807, 2.05) is 13.8 Å². The van der Waals surface area contributed by atoms with E-state index < -0.39 is 5.60 Å². The van der Waals surface area contributed by atoms with Crippen LogP contribution in [-0.4, -0.2) is 32.9 Å². The zero-order valence-corrected chi connectivity index (χ0v) is 7.90. The highest BCUT2D eigenvalue weighted by Crippen LogP contribution is 2.42. The fourth-order valence-corrected chi connectivity index (χ4v) is 3.13. The Hall–Kier alpha value is 0.270. The van der Waals surface area contributed by atoms with E-state index in [1.165, 1.54) is 0 Å². The van der Waals surface area contributed by atoms with Gasteiger partial charge in [-0.2, -0.15) is 0 Å². The molecule has 0 bridgehead atoms. The molecule has 0 amide bonds. The number of thioether (sulfide) groups is 1. The molecule has 1 fully saturated rings. The largest absolute Gasteiger partial charge is 0.395 e. The van der Waals surface area contributed by atoms with Gasteiger partial charge >= 0.3 is 0 Å². The normalized spacial score (nSPS) is 44.7. The lowest BCUT2D eigenvalue weighted by Crippen LogP contribution is -2.33. The van der Waals surface area contributed by atoms with Crippen molar-refractivity contribution < 1.29 is 10.2 Å². The van der Waals surface area contributed by atoms with Crippen molar-refractivity contribution >= 4 is 11.8 Å². The van der Waals surface area contributed by atoms with Crippen LogP contribution in [0.2, 0.25) is 0 Å². The van der Waals surface area contributed by atoms with Crippen molar-refractivity contribution in [3.05, 3.63) is 0 Å². The van der Waals surface area contributed by atoms with E-state index in [-0.39, 0.29) is 17.1 Å². The summed E-state index contributed by atoms with van der Waals surface area (Å²) in [4.78, 5) is 0. The SMILES string of the molecule is CC[C@@]1(O)C[C@@H](CO)S[C@H]1C. The molecule has 2 N–H and O–H groups in total. The second-order valence-corrected chi connectivity index (χ2v) is 4.89. The predicted octanol–water partition coefficient (Wildman–Crippen LogP) is 1.01. The van der Waals surface area contributed by atoms with Gasteiger partial charge in [-0.1, -0.05) is 13.8 Å². The maximum absolute atomic E-state index is 9.94. The fraction of sp³-hybridized carbons (Fsp3) is 1.00. The Morgan fingerprint density at radius 2 is 2.27 bits per heavy atom. The van der Waals surface area contributed by atoms with Crippen molar-refractivity contribution in [1.82, 2.24) is 0 Å². The topological polar surface area (TPSA) is 40.5 Å². The summed E-state index contributed by atoms with van der Waals surface area (Å²) in [6.45, 7) is 4.22. The van der Waals surface area contributed by atoms with Gasteiger partial charge < -0.3 is 10.2 Å². The minimum absolute atomic E-state index is 0.192. The van der Waals surface area contributed by atoms with Crippen molar-refractivity contribution in [2.45, 2.75) is 42.8 Å². The number of hydrogen-bond donors (Lipinski definition) is 2. The minimum Gasteiger partial charge on any atom is -0.395 e. The molecule has 3 heteroatoms. The number of aliphatic hydroxyl groups is 2. The van der Waals surface area contributed by atoms with Crippen molar-refractivity contribution in [1.29, 1.82) is 0 Å². The fourth-order valence-electron chi connectivity index (χ4n) is 1.56. The van der Waals surface area contributed by atoms with Crippen LogP contribution < -0.4 is 0 Å². The smallest absolute Gasteiger partial charge is 0.0772 e. The third kappa shape index (κ3) is 1.71. The van der Waals surface area contributed by atoms with Gasteiger partial charge in [-0.3, -0.25) is 0 Å². The van der Waals surface area contributed by atoms with Crippen LogP contribution in [0.5, 0.6) is 0 Å². The summed E-state index contributed by atoms with van der Waals surface area (Å²) in [7, 11) is 0. The lowest BCUT2D eigenvalue weighted by Gasteiger charge is -2.24. The maximum Gasteiger partial charge on any atom is 0.0772 e. The summed E-state index contributed by atoms with van der Waals surface area (Å²) in [5, 5.41) is 19.3. The molecule has 1 saturated heterocycles. The van der Waals surface area contributed by atoms with Crippen LogP contribution in [0.4, 0.5) is 0 Å². The van der Waals surface area contributed by atoms with E-state index >= 15 is 0 Å². The van der Waals surface area contributed by atoms with E-state index in [9.17, 15) is 5.11 Å². The summed E-state index contributed by atoms with van der Waals surface area (Å²) < 4.78 is 0. The van der Waals surface area contributed by atoms with Crippen LogP contribution in [0, 0.1) is 0 Å². The molecule has 0 spiro atoms. The van der Waals surface area contributed by atoms with Gasteiger partial charge in [-0.25, -0.2) is 0 Å². The number of aliphatic hydroxyl groups excluding tert-OH is 1.